The lowest BCUT2D eigenvalue weighted by Gasteiger charge is -2.20. The van der Waals surface area contributed by atoms with Gasteiger partial charge in [-0.25, -0.2) is 9.48 Å². The zero-order chi connectivity index (χ0) is 13.9. The summed E-state index contributed by atoms with van der Waals surface area (Å²) < 4.78 is 7.36. The van der Waals surface area contributed by atoms with Crippen molar-refractivity contribution in [2.24, 2.45) is 0 Å². The van der Waals surface area contributed by atoms with E-state index in [-0.39, 0.29) is 6.61 Å². The zero-order valence-corrected chi connectivity index (χ0v) is 12.5. The molecule has 0 bridgehead atoms. The number of nitrogens with one attached hydrogen (secondary N) is 1. The summed E-state index contributed by atoms with van der Waals surface area (Å²) in [7, 11) is 0. The predicted molar refractivity (Wildman–Crippen MR) is 71.6 cm³/mol. The standard InChI is InChI=1S/C11H18BrN3O3/c1-7-8(12)9(15(14-7)5-6-16)13-10(17)18-11(2,3)4/h16H,5-6H2,1-4H3,(H,13,17). The first-order chi connectivity index (χ1) is 8.24. The topological polar surface area (TPSA) is 76.4 Å². The summed E-state index contributed by atoms with van der Waals surface area (Å²) in [5.41, 5.74) is 0.169. The first-order valence-electron chi connectivity index (χ1n) is 5.58. The van der Waals surface area contributed by atoms with Crippen molar-refractivity contribution >= 4 is 27.8 Å². The molecule has 2 N–H and O–H groups in total. The van der Waals surface area contributed by atoms with Crippen molar-refractivity contribution in [3.05, 3.63) is 10.2 Å². The third-order valence-corrected chi connectivity index (χ3v) is 2.93. The predicted octanol–water partition coefficient (Wildman–Crippen LogP) is 2.29. The Labute approximate surface area is 114 Å². The Hall–Kier alpha value is -1.08. The van der Waals surface area contributed by atoms with Gasteiger partial charge in [-0.3, -0.25) is 5.32 Å². The van der Waals surface area contributed by atoms with Crippen LogP contribution in [0.15, 0.2) is 4.47 Å². The normalized spacial score (nSPS) is 11.4. The molecule has 1 aromatic rings. The first kappa shape index (κ1) is 15.0. The van der Waals surface area contributed by atoms with Gasteiger partial charge in [-0.2, -0.15) is 5.10 Å². The molecular weight excluding hydrogens is 302 g/mol. The lowest BCUT2D eigenvalue weighted by molar-refractivity contribution is 0.0634. The quantitative estimate of drug-likeness (QED) is 0.896. The van der Waals surface area contributed by atoms with Crippen molar-refractivity contribution in [2.75, 3.05) is 11.9 Å². The number of ether oxygens (including phenoxy) is 1. The molecule has 0 atom stereocenters. The second kappa shape index (κ2) is 5.71. The van der Waals surface area contributed by atoms with Crippen molar-refractivity contribution in [3.63, 3.8) is 0 Å². The molecule has 0 spiro atoms. The van der Waals surface area contributed by atoms with Crippen LogP contribution in [0.3, 0.4) is 0 Å². The average Bonchev–Trinajstić information content (AvgIpc) is 2.44. The number of aliphatic hydroxyl groups excluding tert-OH is 1. The molecule has 0 aliphatic heterocycles. The summed E-state index contributed by atoms with van der Waals surface area (Å²) in [5.74, 6) is 0.482. The Morgan fingerprint density at radius 1 is 1.56 bits per heavy atom. The highest BCUT2D eigenvalue weighted by Crippen LogP contribution is 2.26. The van der Waals surface area contributed by atoms with E-state index in [1.54, 1.807) is 27.7 Å². The minimum atomic E-state index is -0.562. The van der Waals surface area contributed by atoms with Crippen molar-refractivity contribution < 1.29 is 14.6 Å². The molecule has 1 heterocycles. The number of nitrogens with zero attached hydrogens (tertiary/aromatic N) is 2. The Bertz CT molecular complexity index is 437. The van der Waals surface area contributed by atoms with E-state index in [2.05, 4.69) is 26.3 Å². The number of carbonyl (C=O) groups is 1. The second-order valence-electron chi connectivity index (χ2n) is 4.82. The molecule has 102 valence electrons. The summed E-state index contributed by atoms with van der Waals surface area (Å²) in [4.78, 5) is 11.7. The number of anilines is 1. The number of aromatic nitrogens is 2. The van der Waals surface area contributed by atoms with Crippen LogP contribution in [0.5, 0.6) is 0 Å². The first-order valence-corrected chi connectivity index (χ1v) is 6.37. The number of halogens is 1. The summed E-state index contributed by atoms with van der Waals surface area (Å²) >= 11 is 3.34. The molecule has 18 heavy (non-hydrogen) atoms. The van der Waals surface area contributed by atoms with Crippen LogP contribution in [0.1, 0.15) is 26.5 Å². The van der Waals surface area contributed by atoms with Gasteiger partial charge in [0.1, 0.15) is 11.4 Å². The Balaban J connectivity index is 2.86. The maximum atomic E-state index is 11.7. The lowest BCUT2D eigenvalue weighted by atomic mass is 10.2. The summed E-state index contributed by atoms with van der Waals surface area (Å²) in [6, 6.07) is 0. The average molecular weight is 320 g/mol. The Morgan fingerprint density at radius 2 is 2.17 bits per heavy atom. The van der Waals surface area contributed by atoms with E-state index >= 15 is 0 Å². The van der Waals surface area contributed by atoms with Crippen LogP contribution in [0.25, 0.3) is 0 Å². The second-order valence-corrected chi connectivity index (χ2v) is 5.61. The molecule has 1 rings (SSSR count). The van der Waals surface area contributed by atoms with Crippen LogP contribution in [0.4, 0.5) is 10.6 Å². The van der Waals surface area contributed by atoms with Crippen molar-refractivity contribution in [3.8, 4) is 0 Å². The fourth-order valence-corrected chi connectivity index (χ4v) is 1.72. The van der Waals surface area contributed by atoms with Gasteiger partial charge in [-0.1, -0.05) is 0 Å². The number of aliphatic hydroxyl groups is 1. The molecule has 7 heteroatoms. The van der Waals surface area contributed by atoms with E-state index in [0.717, 1.165) is 5.69 Å². The van der Waals surface area contributed by atoms with E-state index in [0.29, 0.717) is 16.8 Å². The fraction of sp³-hybridized carbons (Fsp3) is 0.636. The van der Waals surface area contributed by atoms with Crippen LogP contribution in [-0.2, 0) is 11.3 Å². The van der Waals surface area contributed by atoms with E-state index in [1.807, 2.05) is 0 Å². The number of amides is 1. The Kier molecular flexibility index (Phi) is 4.75. The number of hydrogen-bond donors (Lipinski definition) is 2. The minimum Gasteiger partial charge on any atom is -0.444 e. The smallest absolute Gasteiger partial charge is 0.413 e. The summed E-state index contributed by atoms with van der Waals surface area (Å²) in [6.45, 7) is 7.42. The van der Waals surface area contributed by atoms with E-state index in [4.69, 9.17) is 9.84 Å². The molecule has 0 aliphatic rings. The van der Waals surface area contributed by atoms with Crippen LogP contribution in [0, 0.1) is 6.92 Å². The minimum absolute atomic E-state index is 0.0590. The van der Waals surface area contributed by atoms with Gasteiger partial charge >= 0.3 is 6.09 Å². The molecule has 1 aromatic heterocycles. The van der Waals surface area contributed by atoms with Crippen LogP contribution in [-0.4, -0.2) is 33.2 Å². The summed E-state index contributed by atoms with van der Waals surface area (Å²) in [5, 5.41) is 15.8. The zero-order valence-electron chi connectivity index (χ0n) is 11.0. The van der Waals surface area contributed by atoms with Crippen LogP contribution in [0.2, 0.25) is 0 Å². The molecule has 0 saturated carbocycles. The van der Waals surface area contributed by atoms with E-state index in [1.165, 1.54) is 4.68 Å². The van der Waals surface area contributed by atoms with Gasteiger partial charge in [-0.05, 0) is 43.6 Å². The highest BCUT2D eigenvalue weighted by Gasteiger charge is 2.20. The van der Waals surface area contributed by atoms with Gasteiger partial charge in [0.05, 0.1) is 23.3 Å². The van der Waals surface area contributed by atoms with Gasteiger partial charge in [0.25, 0.3) is 0 Å². The van der Waals surface area contributed by atoms with Crippen molar-refractivity contribution in [1.29, 1.82) is 0 Å². The largest absolute Gasteiger partial charge is 0.444 e. The van der Waals surface area contributed by atoms with Gasteiger partial charge < -0.3 is 9.84 Å². The fourth-order valence-electron chi connectivity index (χ4n) is 1.34. The van der Waals surface area contributed by atoms with Crippen molar-refractivity contribution in [1.82, 2.24) is 9.78 Å². The molecule has 0 saturated heterocycles. The maximum absolute atomic E-state index is 11.7. The number of hydrogen-bond acceptors (Lipinski definition) is 4. The van der Waals surface area contributed by atoms with Gasteiger partial charge in [0.2, 0.25) is 0 Å². The highest BCUT2D eigenvalue weighted by atomic mass is 79.9. The summed E-state index contributed by atoms with van der Waals surface area (Å²) in [6.07, 6.45) is -0.553. The molecular formula is C11H18BrN3O3. The third kappa shape index (κ3) is 3.99. The highest BCUT2D eigenvalue weighted by molar-refractivity contribution is 9.10. The third-order valence-electron chi connectivity index (χ3n) is 1.99. The van der Waals surface area contributed by atoms with Gasteiger partial charge in [0.15, 0.2) is 0 Å². The molecule has 1 amide bonds. The SMILES string of the molecule is Cc1nn(CCO)c(NC(=O)OC(C)(C)C)c1Br. The molecule has 0 fully saturated rings. The van der Waals surface area contributed by atoms with Gasteiger partial charge in [-0.15, -0.1) is 0 Å². The number of aryl methyl sites for hydroxylation is 1. The van der Waals surface area contributed by atoms with Crippen molar-refractivity contribution in [2.45, 2.75) is 39.8 Å². The molecule has 0 radical (unpaired) electrons. The number of rotatable bonds is 3. The van der Waals surface area contributed by atoms with E-state index in [9.17, 15) is 4.79 Å². The van der Waals surface area contributed by atoms with E-state index < -0.39 is 11.7 Å². The molecule has 6 nitrogen and oxygen atoms in total. The molecule has 0 unspecified atom stereocenters. The lowest BCUT2D eigenvalue weighted by Crippen LogP contribution is -2.28. The maximum Gasteiger partial charge on any atom is 0.413 e. The molecule has 0 aromatic carbocycles. The number of carbonyl (C=O) groups excluding carboxylic acids is 1. The molecule has 0 aliphatic carbocycles. The monoisotopic (exact) mass is 319 g/mol. The van der Waals surface area contributed by atoms with Crippen LogP contribution >= 0.6 is 15.9 Å². The van der Waals surface area contributed by atoms with Crippen LogP contribution < -0.4 is 5.32 Å². The Morgan fingerprint density at radius 3 is 2.67 bits per heavy atom. The van der Waals surface area contributed by atoms with Gasteiger partial charge in [0, 0.05) is 0 Å².